The maximum Gasteiger partial charge on any atom is 0.410 e. The summed E-state index contributed by atoms with van der Waals surface area (Å²) in [4.78, 5) is 14.4. The van der Waals surface area contributed by atoms with E-state index in [2.05, 4.69) is 15.6 Å². The number of pyridine rings is 1. The van der Waals surface area contributed by atoms with Crippen LogP contribution in [0.25, 0.3) is 0 Å². The first-order valence-corrected chi connectivity index (χ1v) is 4.31. The molecule has 76 valence electrons. The summed E-state index contributed by atoms with van der Waals surface area (Å²) in [5, 5.41) is 13.7. The highest BCUT2D eigenvalue weighted by Crippen LogP contribution is 2.09. The molecule has 1 aromatic heterocycles. The Balaban J connectivity index is 2.73. The lowest BCUT2D eigenvalue weighted by Crippen LogP contribution is -2.13. The maximum absolute atomic E-state index is 10.3. The van der Waals surface area contributed by atoms with Gasteiger partial charge < -0.3 is 10.4 Å². The second-order valence-electron chi connectivity index (χ2n) is 3.14. The summed E-state index contributed by atoms with van der Waals surface area (Å²) in [6.45, 7) is 3.97. The third-order valence-corrected chi connectivity index (χ3v) is 1.42. The molecule has 1 rings (SSSR count). The van der Waals surface area contributed by atoms with E-state index in [9.17, 15) is 4.79 Å². The largest absolute Gasteiger partial charge is 0.465 e. The fourth-order valence-corrected chi connectivity index (χ4v) is 0.990. The molecule has 1 heterocycles. The van der Waals surface area contributed by atoms with Gasteiger partial charge in [-0.1, -0.05) is 6.07 Å². The average Bonchev–Trinajstić information content (AvgIpc) is 2.01. The fraction of sp³-hybridized carbons (Fsp3) is 0.333. The third-order valence-electron chi connectivity index (χ3n) is 1.42. The molecule has 0 saturated heterocycles. The molecule has 0 saturated carbocycles. The zero-order chi connectivity index (χ0) is 10.6. The molecule has 5 nitrogen and oxygen atoms in total. The van der Waals surface area contributed by atoms with Crippen molar-refractivity contribution in [1.29, 1.82) is 0 Å². The molecule has 1 aromatic rings. The highest BCUT2D eigenvalue weighted by Gasteiger charge is 2.01. The summed E-state index contributed by atoms with van der Waals surface area (Å²) in [7, 11) is 0. The molecule has 0 aliphatic heterocycles. The van der Waals surface area contributed by atoms with E-state index in [0.717, 1.165) is 0 Å². The van der Waals surface area contributed by atoms with Crippen LogP contribution < -0.4 is 10.6 Å². The predicted molar refractivity (Wildman–Crippen MR) is 54.6 cm³/mol. The molecule has 14 heavy (non-hydrogen) atoms. The molecule has 0 bridgehead atoms. The van der Waals surface area contributed by atoms with Crippen molar-refractivity contribution in [2.75, 3.05) is 10.6 Å². The standard InChI is InChI=1S/C9H13N3O2/c1-6(2)10-7-4-3-5-8(11-7)12-9(13)14/h3-6H,1-2H3,(H,13,14)(H2,10,11,12). The highest BCUT2D eigenvalue weighted by molar-refractivity contribution is 5.81. The van der Waals surface area contributed by atoms with E-state index in [0.29, 0.717) is 11.6 Å². The SMILES string of the molecule is CC(C)Nc1cccc(NC(=O)O)n1. The van der Waals surface area contributed by atoms with Crippen molar-refractivity contribution in [1.82, 2.24) is 4.98 Å². The Hall–Kier alpha value is -1.78. The van der Waals surface area contributed by atoms with Crippen molar-refractivity contribution in [2.24, 2.45) is 0 Å². The maximum atomic E-state index is 10.3. The van der Waals surface area contributed by atoms with Gasteiger partial charge in [-0.15, -0.1) is 0 Å². The van der Waals surface area contributed by atoms with E-state index < -0.39 is 6.09 Å². The number of carboxylic acid groups (broad SMARTS) is 1. The van der Waals surface area contributed by atoms with Crippen LogP contribution in [0, 0.1) is 0 Å². The minimum atomic E-state index is -1.11. The minimum Gasteiger partial charge on any atom is -0.465 e. The molecule has 0 spiro atoms. The van der Waals surface area contributed by atoms with Crippen LogP contribution in [0.2, 0.25) is 0 Å². The fourth-order valence-electron chi connectivity index (χ4n) is 0.990. The van der Waals surface area contributed by atoms with E-state index >= 15 is 0 Å². The second kappa shape index (κ2) is 4.45. The normalized spacial score (nSPS) is 9.93. The van der Waals surface area contributed by atoms with Gasteiger partial charge in [0.05, 0.1) is 0 Å². The number of nitrogens with one attached hydrogen (secondary N) is 2. The molecule has 0 atom stereocenters. The molecule has 0 radical (unpaired) electrons. The number of aromatic nitrogens is 1. The van der Waals surface area contributed by atoms with Crippen LogP contribution in [0.4, 0.5) is 16.4 Å². The minimum absolute atomic E-state index is 0.266. The molecular formula is C9H13N3O2. The molecule has 0 aromatic carbocycles. The lowest BCUT2D eigenvalue weighted by molar-refractivity contribution is 0.209. The van der Waals surface area contributed by atoms with E-state index in [-0.39, 0.29) is 6.04 Å². The van der Waals surface area contributed by atoms with E-state index in [1.807, 2.05) is 13.8 Å². The Kier molecular flexibility index (Phi) is 3.28. The Labute approximate surface area is 82.2 Å². The summed E-state index contributed by atoms with van der Waals surface area (Å²) in [5.41, 5.74) is 0. The molecule has 3 N–H and O–H groups in total. The molecule has 0 fully saturated rings. The molecule has 5 heteroatoms. The Morgan fingerprint density at radius 3 is 2.64 bits per heavy atom. The van der Waals surface area contributed by atoms with Crippen LogP contribution in [0.5, 0.6) is 0 Å². The Morgan fingerprint density at radius 2 is 2.07 bits per heavy atom. The van der Waals surface area contributed by atoms with Crippen molar-refractivity contribution < 1.29 is 9.90 Å². The molecule has 0 unspecified atom stereocenters. The zero-order valence-corrected chi connectivity index (χ0v) is 8.11. The molecule has 0 aliphatic carbocycles. The van der Waals surface area contributed by atoms with Crippen molar-refractivity contribution in [3.05, 3.63) is 18.2 Å². The predicted octanol–water partition coefficient (Wildman–Crippen LogP) is 1.99. The summed E-state index contributed by atoms with van der Waals surface area (Å²) in [6.07, 6.45) is -1.11. The summed E-state index contributed by atoms with van der Waals surface area (Å²) < 4.78 is 0. The first-order valence-electron chi connectivity index (χ1n) is 4.31. The first kappa shape index (κ1) is 10.3. The van der Waals surface area contributed by atoms with Crippen molar-refractivity contribution in [3.63, 3.8) is 0 Å². The van der Waals surface area contributed by atoms with E-state index in [1.165, 1.54) is 0 Å². The van der Waals surface area contributed by atoms with Gasteiger partial charge in [0.25, 0.3) is 0 Å². The quantitative estimate of drug-likeness (QED) is 0.689. The number of amides is 1. The van der Waals surface area contributed by atoms with Gasteiger partial charge in [-0.05, 0) is 26.0 Å². The summed E-state index contributed by atoms with van der Waals surface area (Å²) >= 11 is 0. The summed E-state index contributed by atoms with van der Waals surface area (Å²) in [5.74, 6) is 0.981. The van der Waals surface area contributed by atoms with E-state index in [1.54, 1.807) is 18.2 Å². The van der Waals surface area contributed by atoms with Gasteiger partial charge in [0.1, 0.15) is 11.6 Å². The topological polar surface area (TPSA) is 74.2 Å². The molecule has 1 amide bonds. The van der Waals surface area contributed by atoms with Gasteiger partial charge in [-0.3, -0.25) is 5.32 Å². The van der Waals surface area contributed by atoms with Gasteiger partial charge >= 0.3 is 6.09 Å². The second-order valence-corrected chi connectivity index (χ2v) is 3.14. The van der Waals surface area contributed by atoms with Crippen LogP contribution in [-0.2, 0) is 0 Å². The van der Waals surface area contributed by atoms with Crippen LogP contribution >= 0.6 is 0 Å². The lowest BCUT2D eigenvalue weighted by Gasteiger charge is -2.09. The third kappa shape index (κ3) is 3.30. The number of nitrogens with zero attached hydrogens (tertiary/aromatic N) is 1. The Morgan fingerprint density at radius 1 is 1.43 bits per heavy atom. The number of rotatable bonds is 3. The van der Waals surface area contributed by atoms with Crippen LogP contribution in [0.1, 0.15) is 13.8 Å². The molecular weight excluding hydrogens is 182 g/mol. The summed E-state index contributed by atoms with van der Waals surface area (Å²) in [6, 6.07) is 5.39. The van der Waals surface area contributed by atoms with Gasteiger partial charge in [-0.2, -0.15) is 0 Å². The Bertz CT molecular complexity index is 326. The van der Waals surface area contributed by atoms with Gasteiger partial charge in [0.15, 0.2) is 0 Å². The zero-order valence-electron chi connectivity index (χ0n) is 8.11. The van der Waals surface area contributed by atoms with Crippen molar-refractivity contribution in [2.45, 2.75) is 19.9 Å². The monoisotopic (exact) mass is 195 g/mol. The van der Waals surface area contributed by atoms with E-state index in [4.69, 9.17) is 5.11 Å². The van der Waals surface area contributed by atoms with Crippen LogP contribution in [0.3, 0.4) is 0 Å². The number of carbonyl (C=O) groups is 1. The van der Waals surface area contributed by atoms with Gasteiger partial charge in [0, 0.05) is 6.04 Å². The number of anilines is 2. The molecule has 0 aliphatic rings. The van der Waals surface area contributed by atoms with Gasteiger partial charge in [0.2, 0.25) is 0 Å². The lowest BCUT2D eigenvalue weighted by atomic mass is 10.3. The number of hydrogen-bond donors (Lipinski definition) is 3. The van der Waals surface area contributed by atoms with Gasteiger partial charge in [-0.25, -0.2) is 9.78 Å². The highest BCUT2D eigenvalue weighted by atomic mass is 16.4. The van der Waals surface area contributed by atoms with Crippen molar-refractivity contribution >= 4 is 17.7 Å². The van der Waals surface area contributed by atoms with Crippen LogP contribution in [-0.4, -0.2) is 22.2 Å². The number of hydrogen-bond acceptors (Lipinski definition) is 3. The first-order chi connectivity index (χ1) is 6.58. The average molecular weight is 195 g/mol. The smallest absolute Gasteiger partial charge is 0.410 e. The van der Waals surface area contributed by atoms with Crippen molar-refractivity contribution in [3.8, 4) is 0 Å². The van der Waals surface area contributed by atoms with Crippen LogP contribution in [0.15, 0.2) is 18.2 Å².